The Morgan fingerprint density at radius 3 is 2.52 bits per heavy atom. The van der Waals surface area contributed by atoms with Crippen LogP contribution in [0.4, 0.5) is 0 Å². The minimum atomic E-state index is -0.604. The summed E-state index contributed by atoms with van der Waals surface area (Å²) in [6.07, 6.45) is 7.62. The summed E-state index contributed by atoms with van der Waals surface area (Å²) in [6.45, 7) is 14.3. The summed E-state index contributed by atoms with van der Waals surface area (Å²) < 4.78 is 6.45. The first-order chi connectivity index (χ1) is 10.5. The van der Waals surface area contributed by atoms with E-state index in [1.165, 1.54) is 0 Å². The number of aliphatic hydroxyl groups is 1. The highest BCUT2D eigenvalue weighted by atomic mass is 16.5. The van der Waals surface area contributed by atoms with Crippen LogP contribution in [0, 0.1) is 22.7 Å². The molecule has 1 N–H and O–H groups in total. The van der Waals surface area contributed by atoms with Crippen molar-refractivity contribution < 1.29 is 14.6 Å². The molecule has 0 radical (unpaired) electrons. The molecule has 1 saturated heterocycles. The van der Waals surface area contributed by atoms with Gasteiger partial charge in [0.1, 0.15) is 0 Å². The summed E-state index contributed by atoms with van der Waals surface area (Å²) in [5, 5.41) is 11.0. The Morgan fingerprint density at radius 2 is 1.91 bits per heavy atom. The highest BCUT2D eigenvalue weighted by Gasteiger charge is 2.64. The Bertz CT molecular complexity index is 577. The van der Waals surface area contributed by atoms with E-state index in [4.69, 9.17) is 4.74 Å². The highest BCUT2D eigenvalue weighted by Crippen LogP contribution is 2.63. The minimum absolute atomic E-state index is 0.131. The number of allylic oxidation sites excluding steroid dienone is 2. The predicted molar refractivity (Wildman–Crippen MR) is 91.0 cm³/mol. The van der Waals surface area contributed by atoms with Gasteiger partial charge in [-0.15, -0.1) is 6.58 Å². The lowest BCUT2D eigenvalue weighted by atomic mass is 9.45. The van der Waals surface area contributed by atoms with E-state index in [-0.39, 0.29) is 28.6 Å². The van der Waals surface area contributed by atoms with Crippen LogP contribution in [-0.2, 0) is 9.53 Å². The van der Waals surface area contributed by atoms with Crippen molar-refractivity contribution in [1.82, 2.24) is 0 Å². The largest absolute Gasteiger partial charge is 0.390 e. The number of carbonyl (C=O) groups is 1. The molecule has 1 saturated carbocycles. The molecule has 3 nitrogen and oxygen atoms in total. The highest BCUT2D eigenvalue weighted by molar-refractivity contribution is 5.95. The number of aliphatic hydroxyl groups excluding tert-OH is 1. The summed E-state index contributed by atoms with van der Waals surface area (Å²) >= 11 is 0. The van der Waals surface area contributed by atoms with Crippen molar-refractivity contribution in [2.45, 2.75) is 71.2 Å². The number of hydrogen-bond acceptors (Lipinski definition) is 3. The van der Waals surface area contributed by atoms with Crippen LogP contribution in [0.15, 0.2) is 24.8 Å². The average molecular weight is 318 g/mol. The third-order valence-corrected chi connectivity index (χ3v) is 7.23. The smallest absolute Gasteiger partial charge is 0.161 e. The summed E-state index contributed by atoms with van der Waals surface area (Å²) in [6, 6.07) is 0. The summed E-state index contributed by atoms with van der Waals surface area (Å²) in [7, 11) is 0. The molecule has 3 heteroatoms. The molecule has 0 amide bonds. The molecule has 2 aliphatic carbocycles. The molecule has 128 valence electrons. The van der Waals surface area contributed by atoms with E-state index in [0.29, 0.717) is 6.42 Å². The Kier molecular flexibility index (Phi) is 3.53. The fraction of sp³-hybridized carbons (Fsp3) is 0.750. The summed E-state index contributed by atoms with van der Waals surface area (Å²) in [5.41, 5.74) is -1.56. The first-order valence-corrected chi connectivity index (χ1v) is 8.75. The third kappa shape index (κ3) is 2.12. The van der Waals surface area contributed by atoms with Crippen LogP contribution in [0.2, 0.25) is 0 Å². The van der Waals surface area contributed by atoms with E-state index in [9.17, 15) is 9.90 Å². The van der Waals surface area contributed by atoms with Gasteiger partial charge in [-0.25, -0.2) is 0 Å². The van der Waals surface area contributed by atoms with Crippen LogP contribution < -0.4 is 0 Å². The van der Waals surface area contributed by atoms with E-state index < -0.39 is 17.1 Å². The van der Waals surface area contributed by atoms with E-state index in [1.54, 1.807) is 6.08 Å². The van der Waals surface area contributed by atoms with Gasteiger partial charge in [-0.3, -0.25) is 4.79 Å². The molecular formula is C20H30O3. The standard InChI is InChI=1S/C20H30O3/c1-7-18(4)10-8-13-19(5)11-9-15(21)17(2,3)14(19)12-16(22)20(13,6)23-18/h7,9,11,13-14,16,22H,1,8,10,12H2,2-6H3/t13-,14+,16+,18+,19-,20+/m1/s1. The molecule has 3 rings (SSSR count). The second kappa shape index (κ2) is 4.80. The van der Waals surface area contributed by atoms with Gasteiger partial charge >= 0.3 is 0 Å². The van der Waals surface area contributed by atoms with Crippen molar-refractivity contribution in [3.8, 4) is 0 Å². The summed E-state index contributed by atoms with van der Waals surface area (Å²) in [5.74, 6) is 0.501. The molecule has 1 heterocycles. The van der Waals surface area contributed by atoms with Crippen LogP contribution >= 0.6 is 0 Å². The molecule has 6 atom stereocenters. The molecule has 0 bridgehead atoms. The van der Waals surface area contributed by atoms with Crippen LogP contribution in [-0.4, -0.2) is 28.2 Å². The monoisotopic (exact) mass is 318 g/mol. The molecule has 1 aliphatic heterocycles. The van der Waals surface area contributed by atoms with Crippen LogP contribution in [0.25, 0.3) is 0 Å². The molecule has 0 aromatic heterocycles. The third-order valence-electron chi connectivity index (χ3n) is 7.23. The second-order valence-corrected chi connectivity index (χ2v) is 8.98. The first-order valence-electron chi connectivity index (χ1n) is 8.75. The average Bonchev–Trinajstić information content (AvgIpc) is 2.47. The van der Waals surface area contributed by atoms with Crippen molar-refractivity contribution in [3.05, 3.63) is 24.8 Å². The molecule has 0 unspecified atom stereocenters. The molecule has 3 aliphatic rings. The lowest BCUT2D eigenvalue weighted by Crippen LogP contribution is -2.68. The lowest BCUT2D eigenvalue weighted by Gasteiger charge is -2.64. The number of hydrogen-bond donors (Lipinski definition) is 1. The van der Waals surface area contributed by atoms with Crippen molar-refractivity contribution in [1.29, 1.82) is 0 Å². The zero-order chi connectivity index (χ0) is 17.3. The second-order valence-electron chi connectivity index (χ2n) is 8.98. The zero-order valence-corrected chi connectivity index (χ0v) is 15.1. The summed E-state index contributed by atoms with van der Waals surface area (Å²) in [4.78, 5) is 12.4. The van der Waals surface area contributed by atoms with Gasteiger partial charge in [0.05, 0.1) is 17.3 Å². The number of carbonyl (C=O) groups excluding carboxylic acids is 1. The van der Waals surface area contributed by atoms with Gasteiger partial charge in [0.15, 0.2) is 5.78 Å². The fourth-order valence-corrected chi connectivity index (χ4v) is 5.61. The van der Waals surface area contributed by atoms with Gasteiger partial charge < -0.3 is 9.84 Å². The van der Waals surface area contributed by atoms with E-state index in [2.05, 4.69) is 19.6 Å². The predicted octanol–water partition coefficient (Wildman–Crippen LogP) is 3.67. The van der Waals surface area contributed by atoms with E-state index in [0.717, 1.165) is 12.8 Å². The molecule has 0 aromatic rings. The van der Waals surface area contributed by atoms with Crippen LogP contribution in [0.3, 0.4) is 0 Å². The SMILES string of the molecule is C=C[C@@]1(C)CC[C@@H]2[C@@]3(C)C=CC(=O)C(C)(C)[C@@H]3C[C@H](O)[C@@]2(C)O1. The Morgan fingerprint density at radius 1 is 1.26 bits per heavy atom. The maximum absolute atomic E-state index is 12.4. The van der Waals surface area contributed by atoms with Gasteiger partial charge in [0, 0.05) is 5.41 Å². The number of ketones is 1. The zero-order valence-electron chi connectivity index (χ0n) is 15.1. The number of fused-ring (bicyclic) bond motifs is 3. The number of rotatable bonds is 1. The van der Waals surface area contributed by atoms with Gasteiger partial charge in [0.2, 0.25) is 0 Å². The number of ether oxygens (including phenoxy) is 1. The fourth-order valence-electron chi connectivity index (χ4n) is 5.61. The Hall–Kier alpha value is -0.930. The maximum atomic E-state index is 12.4. The minimum Gasteiger partial charge on any atom is -0.390 e. The lowest BCUT2D eigenvalue weighted by molar-refractivity contribution is -0.275. The van der Waals surface area contributed by atoms with Crippen LogP contribution in [0.5, 0.6) is 0 Å². The molecular weight excluding hydrogens is 288 g/mol. The molecule has 2 fully saturated rings. The molecule has 0 spiro atoms. The Labute approximate surface area is 139 Å². The quantitative estimate of drug-likeness (QED) is 0.750. The van der Waals surface area contributed by atoms with Gasteiger partial charge in [0.25, 0.3) is 0 Å². The maximum Gasteiger partial charge on any atom is 0.161 e. The normalized spacial score (nSPS) is 51.7. The molecule has 0 aromatic carbocycles. The van der Waals surface area contributed by atoms with E-state index >= 15 is 0 Å². The van der Waals surface area contributed by atoms with Crippen molar-refractivity contribution >= 4 is 5.78 Å². The van der Waals surface area contributed by atoms with Crippen molar-refractivity contribution in [2.75, 3.05) is 0 Å². The van der Waals surface area contributed by atoms with Gasteiger partial charge in [-0.05, 0) is 56.4 Å². The van der Waals surface area contributed by atoms with Gasteiger partial charge in [-0.2, -0.15) is 0 Å². The van der Waals surface area contributed by atoms with Crippen LogP contribution in [0.1, 0.15) is 53.9 Å². The Balaban J connectivity index is 2.08. The van der Waals surface area contributed by atoms with Crippen molar-refractivity contribution in [3.63, 3.8) is 0 Å². The topological polar surface area (TPSA) is 46.5 Å². The van der Waals surface area contributed by atoms with Gasteiger partial charge in [-0.1, -0.05) is 32.9 Å². The van der Waals surface area contributed by atoms with Crippen molar-refractivity contribution in [2.24, 2.45) is 22.7 Å². The molecule has 23 heavy (non-hydrogen) atoms. The first kappa shape index (κ1) is 16.9. The van der Waals surface area contributed by atoms with E-state index in [1.807, 2.05) is 33.8 Å².